The SMILES string of the molecule is CC(C)C(CCN1CCNCC1)C(C)C. The molecule has 1 heterocycles. The Bertz CT molecular complexity index is 152. The Balaban J connectivity index is 2.26. The van der Waals surface area contributed by atoms with Crippen molar-refractivity contribution in [1.82, 2.24) is 10.2 Å². The summed E-state index contributed by atoms with van der Waals surface area (Å²) in [5, 5.41) is 3.41. The molecule has 0 spiro atoms. The third-order valence-corrected chi connectivity index (χ3v) is 3.70. The van der Waals surface area contributed by atoms with Gasteiger partial charge in [0.25, 0.3) is 0 Å². The summed E-state index contributed by atoms with van der Waals surface area (Å²) in [6.45, 7) is 15.6. The van der Waals surface area contributed by atoms with E-state index in [0.29, 0.717) is 0 Å². The van der Waals surface area contributed by atoms with Crippen LogP contribution in [0.3, 0.4) is 0 Å². The van der Waals surface area contributed by atoms with Gasteiger partial charge in [0.15, 0.2) is 0 Å². The molecule has 0 amide bonds. The van der Waals surface area contributed by atoms with Crippen LogP contribution >= 0.6 is 0 Å². The van der Waals surface area contributed by atoms with Crippen LogP contribution in [0.1, 0.15) is 34.1 Å². The maximum absolute atomic E-state index is 3.41. The predicted octanol–water partition coefficient (Wildman–Crippen LogP) is 2.21. The van der Waals surface area contributed by atoms with E-state index in [1.54, 1.807) is 0 Å². The Morgan fingerprint density at radius 1 is 1.00 bits per heavy atom. The van der Waals surface area contributed by atoms with Crippen molar-refractivity contribution in [2.24, 2.45) is 17.8 Å². The van der Waals surface area contributed by atoms with E-state index in [1.165, 1.54) is 39.1 Å². The van der Waals surface area contributed by atoms with E-state index in [-0.39, 0.29) is 0 Å². The lowest BCUT2D eigenvalue weighted by molar-refractivity contribution is 0.188. The van der Waals surface area contributed by atoms with Crippen LogP contribution in [0.5, 0.6) is 0 Å². The molecule has 0 aromatic heterocycles. The summed E-state index contributed by atoms with van der Waals surface area (Å²) in [6.07, 6.45) is 1.37. The van der Waals surface area contributed by atoms with E-state index in [1.807, 2.05) is 0 Å². The summed E-state index contributed by atoms with van der Waals surface area (Å²) in [4.78, 5) is 2.61. The maximum atomic E-state index is 3.41. The van der Waals surface area contributed by atoms with Crippen molar-refractivity contribution >= 4 is 0 Å². The first-order chi connectivity index (χ1) is 7.11. The number of hydrogen-bond donors (Lipinski definition) is 1. The molecule has 0 radical (unpaired) electrons. The highest BCUT2D eigenvalue weighted by molar-refractivity contribution is 4.72. The number of nitrogens with zero attached hydrogens (tertiary/aromatic N) is 1. The first-order valence-electron chi connectivity index (χ1n) is 6.54. The van der Waals surface area contributed by atoms with Gasteiger partial charge in [-0.2, -0.15) is 0 Å². The molecule has 2 nitrogen and oxygen atoms in total. The zero-order valence-electron chi connectivity index (χ0n) is 10.9. The second-order valence-corrected chi connectivity index (χ2v) is 5.53. The number of piperazine rings is 1. The third-order valence-electron chi connectivity index (χ3n) is 3.70. The molecule has 2 heteroatoms. The molecule has 1 rings (SSSR count). The molecular weight excluding hydrogens is 184 g/mol. The topological polar surface area (TPSA) is 15.3 Å². The van der Waals surface area contributed by atoms with Crippen molar-refractivity contribution in [3.05, 3.63) is 0 Å². The molecule has 0 aliphatic carbocycles. The van der Waals surface area contributed by atoms with E-state index >= 15 is 0 Å². The Labute approximate surface area is 95.4 Å². The van der Waals surface area contributed by atoms with Crippen LogP contribution in [0.4, 0.5) is 0 Å². The normalized spacial score (nSPS) is 19.4. The van der Waals surface area contributed by atoms with Crippen LogP contribution in [-0.4, -0.2) is 37.6 Å². The maximum Gasteiger partial charge on any atom is 0.0107 e. The Morgan fingerprint density at radius 3 is 2.00 bits per heavy atom. The van der Waals surface area contributed by atoms with Crippen molar-refractivity contribution in [1.29, 1.82) is 0 Å². The fraction of sp³-hybridized carbons (Fsp3) is 1.00. The fourth-order valence-electron chi connectivity index (χ4n) is 2.70. The summed E-state index contributed by atoms with van der Waals surface area (Å²) in [6, 6.07) is 0. The lowest BCUT2D eigenvalue weighted by atomic mass is 9.83. The van der Waals surface area contributed by atoms with Gasteiger partial charge in [-0.3, -0.25) is 0 Å². The highest BCUT2D eigenvalue weighted by Gasteiger charge is 2.19. The van der Waals surface area contributed by atoms with E-state index < -0.39 is 0 Å². The minimum Gasteiger partial charge on any atom is -0.314 e. The van der Waals surface area contributed by atoms with Crippen molar-refractivity contribution in [3.8, 4) is 0 Å². The molecule has 1 saturated heterocycles. The first kappa shape index (κ1) is 13.0. The van der Waals surface area contributed by atoms with Crippen molar-refractivity contribution in [2.75, 3.05) is 32.7 Å². The molecule has 90 valence electrons. The van der Waals surface area contributed by atoms with Crippen LogP contribution in [0.15, 0.2) is 0 Å². The molecule has 0 atom stereocenters. The van der Waals surface area contributed by atoms with Gasteiger partial charge in [0.2, 0.25) is 0 Å². The fourth-order valence-corrected chi connectivity index (χ4v) is 2.70. The molecule has 0 aromatic carbocycles. The minimum atomic E-state index is 0.827. The van der Waals surface area contributed by atoms with Crippen molar-refractivity contribution < 1.29 is 0 Å². The summed E-state index contributed by atoms with van der Waals surface area (Å²) in [5.41, 5.74) is 0. The molecular formula is C13H28N2. The molecule has 0 unspecified atom stereocenters. The van der Waals surface area contributed by atoms with Crippen LogP contribution in [0, 0.1) is 17.8 Å². The predicted molar refractivity (Wildman–Crippen MR) is 67.1 cm³/mol. The highest BCUT2D eigenvalue weighted by Crippen LogP contribution is 2.24. The van der Waals surface area contributed by atoms with Crippen LogP contribution in [0.2, 0.25) is 0 Å². The monoisotopic (exact) mass is 212 g/mol. The van der Waals surface area contributed by atoms with E-state index in [9.17, 15) is 0 Å². The third kappa shape index (κ3) is 4.52. The summed E-state index contributed by atoms with van der Waals surface area (Å²) >= 11 is 0. The average Bonchev–Trinajstić information content (AvgIpc) is 2.18. The number of nitrogens with one attached hydrogen (secondary N) is 1. The van der Waals surface area contributed by atoms with Gasteiger partial charge in [-0.05, 0) is 30.7 Å². The van der Waals surface area contributed by atoms with Gasteiger partial charge in [-0.25, -0.2) is 0 Å². The molecule has 1 aliphatic heterocycles. The lowest BCUT2D eigenvalue weighted by Gasteiger charge is -2.31. The largest absolute Gasteiger partial charge is 0.314 e. The minimum absolute atomic E-state index is 0.827. The standard InChI is InChI=1S/C13H28N2/c1-11(2)13(12(3)4)5-8-15-9-6-14-7-10-15/h11-14H,5-10H2,1-4H3. The smallest absolute Gasteiger partial charge is 0.0107 e. The van der Waals surface area contributed by atoms with Crippen LogP contribution in [-0.2, 0) is 0 Å². The van der Waals surface area contributed by atoms with Crippen molar-refractivity contribution in [3.63, 3.8) is 0 Å². The van der Waals surface area contributed by atoms with Gasteiger partial charge in [0.1, 0.15) is 0 Å². The van der Waals surface area contributed by atoms with E-state index in [0.717, 1.165) is 17.8 Å². The van der Waals surface area contributed by atoms with Gasteiger partial charge in [-0.1, -0.05) is 27.7 Å². The zero-order valence-corrected chi connectivity index (χ0v) is 10.9. The lowest BCUT2D eigenvalue weighted by Crippen LogP contribution is -2.44. The van der Waals surface area contributed by atoms with E-state index in [4.69, 9.17) is 0 Å². The second-order valence-electron chi connectivity index (χ2n) is 5.53. The first-order valence-corrected chi connectivity index (χ1v) is 6.54. The van der Waals surface area contributed by atoms with Gasteiger partial charge in [-0.15, -0.1) is 0 Å². The van der Waals surface area contributed by atoms with Gasteiger partial charge < -0.3 is 10.2 Å². The average molecular weight is 212 g/mol. The summed E-state index contributed by atoms with van der Waals surface area (Å²) < 4.78 is 0. The summed E-state index contributed by atoms with van der Waals surface area (Å²) in [5.74, 6) is 2.54. The number of hydrogen-bond acceptors (Lipinski definition) is 2. The Morgan fingerprint density at radius 2 is 1.53 bits per heavy atom. The molecule has 0 aromatic rings. The Kier molecular flexibility index (Phi) is 5.62. The molecule has 1 aliphatic rings. The Hall–Kier alpha value is -0.0800. The zero-order chi connectivity index (χ0) is 11.3. The summed E-state index contributed by atoms with van der Waals surface area (Å²) in [7, 11) is 0. The van der Waals surface area contributed by atoms with Gasteiger partial charge in [0, 0.05) is 26.2 Å². The van der Waals surface area contributed by atoms with Crippen LogP contribution in [0.25, 0.3) is 0 Å². The quantitative estimate of drug-likeness (QED) is 0.751. The van der Waals surface area contributed by atoms with Crippen molar-refractivity contribution in [2.45, 2.75) is 34.1 Å². The van der Waals surface area contributed by atoms with Gasteiger partial charge in [0.05, 0.1) is 0 Å². The highest BCUT2D eigenvalue weighted by atomic mass is 15.2. The second kappa shape index (κ2) is 6.49. The molecule has 0 bridgehead atoms. The van der Waals surface area contributed by atoms with Gasteiger partial charge >= 0.3 is 0 Å². The molecule has 1 N–H and O–H groups in total. The molecule has 0 saturated carbocycles. The molecule has 1 fully saturated rings. The number of rotatable bonds is 5. The molecule has 15 heavy (non-hydrogen) atoms. The van der Waals surface area contributed by atoms with Crippen LogP contribution < -0.4 is 5.32 Å². The van der Waals surface area contributed by atoms with E-state index in [2.05, 4.69) is 37.9 Å².